The Hall–Kier alpha value is -4.20. The number of amides is 2. The van der Waals surface area contributed by atoms with E-state index in [9.17, 15) is 19.7 Å². The van der Waals surface area contributed by atoms with Gasteiger partial charge in [-0.1, -0.05) is 48.0 Å². The molecule has 0 saturated carbocycles. The number of anilines is 2. The first-order chi connectivity index (χ1) is 14.9. The van der Waals surface area contributed by atoms with E-state index < -0.39 is 10.8 Å². The summed E-state index contributed by atoms with van der Waals surface area (Å²) in [7, 11) is 0. The van der Waals surface area contributed by atoms with E-state index in [1.54, 1.807) is 30.3 Å². The summed E-state index contributed by atoms with van der Waals surface area (Å²) in [5.74, 6) is -0.655. The number of non-ortho nitro benzene ring substituents is 1. The standard InChI is InChI=1S/C23H22N4O4/c1-16-9-11-17(12-10-16)14-25-23(29)20-7-2-3-8-21(20)24-15-22(28)26-18-5-4-6-19(13-18)27(30)31/h2-13,24H,14-15H2,1H3,(H,25,29)(H,26,28). The molecule has 158 valence electrons. The fraction of sp³-hybridized carbons (Fsp3) is 0.130. The summed E-state index contributed by atoms with van der Waals surface area (Å²) in [6.45, 7) is 2.28. The number of benzene rings is 3. The highest BCUT2D eigenvalue weighted by Crippen LogP contribution is 2.18. The molecule has 0 spiro atoms. The molecule has 0 bridgehead atoms. The molecule has 3 N–H and O–H groups in total. The highest BCUT2D eigenvalue weighted by Gasteiger charge is 2.12. The van der Waals surface area contributed by atoms with Crippen molar-refractivity contribution < 1.29 is 14.5 Å². The minimum Gasteiger partial charge on any atom is -0.376 e. The molecule has 0 aromatic heterocycles. The topological polar surface area (TPSA) is 113 Å². The van der Waals surface area contributed by atoms with Gasteiger partial charge in [0, 0.05) is 30.1 Å². The number of hydrogen-bond donors (Lipinski definition) is 3. The average Bonchev–Trinajstić information content (AvgIpc) is 2.77. The van der Waals surface area contributed by atoms with Crippen LogP contribution < -0.4 is 16.0 Å². The van der Waals surface area contributed by atoms with Crippen molar-refractivity contribution in [2.24, 2.45) is 0 Å². The zero-order chi connectivity index (χ0) is 22.2. The maximum Gasteiger partial charge on any atom is 0.271 e. The van der Waals surface area contributed by atoms with Gasteiger partial charge in [-0.2, -0.15) is 0 Å². The van der Waals surface area contributed by atoms with Gasteiger partial charge in [0.1, 0.15) is 0 Å². The minimum atomic E-state index is -0.528. The Morgan fingerprint density at radius 2 is 1.71 bits per heavy atom. The molecule has 0 aliphatic heterocycles. The first-order valence-electron chi connectivity index (χ1n) is 9.63. The third-order valence-corrected chi connectivity index (χ3v) is 4.53. The van der Waals surface area contributed by atoms with Crippen molar-refractivity contribution >= 4 is 28.9 Å². The van der Waals surface area contributed by atoms with E-state index in [0.29, 0.717) is 23.5 Å². The number of rotatable bonds is 8. The SMILES string of the molecule is Cc1ccc(CNC(=O)c2ccccc2NCC(=O)Nc2cccc([N+](=O)[O-])c2)cc1. The molecule has 31 heavy (non-hydrogen) atoms. The maximum absolute atomic E-state index is 12.6. The summed E-state index contributed by atoms with van der Waals surface area (Å²) in [6.07, 6.45) is 0. The molecule has 3 aromatic rings. The summed E-state index contributed by atoms with van der Waals surface area (Å²) in [5.41, 5.74) is 3.27. The lowest BCUT2D eigenvalue weighted by Gasteiger charge is -2.12. The van der Waals surface area contributed by atoms with E-state index in [1.165, 1.54) is 18.2 Å². The van der Waals surface area contributed by atoms with Gasteiger partial charge in [-0.3, -0.25) is 19.7 Å². The van der Waals surface area contributed by atoms with E-state index in [4.69, 9.17) is 0 Å². The Balaban J connectivity index is 1.59. The molecule has 0 radical (unpaired) electrons. The molecule has 0 aliphatic rings. The summed E-state index contributed by atoms with van der Waals surface area (Å²) in [5, 5.41) is 19.3. The third-order valence-electron chi connectivity index (χ3n) is 4.53. The molecule has 0 unspecified atom stereocenters. The number of nitro benzene ring substituents is 1. The Morgan fingerprint density at radius 1 is 0.968 bits per heavy atom. The van der Waals surface area contributed by atoms with Crippen LogP contribution in [-0.4, -0.2) is 23.3 Å². The summed E-state index contributed by atoms with van der Waals surface area (Å²) < 4.78 is 0. The maximum atomic E-state index is 12.6. The van der Waals surface area contributed by atoms with Gasteiger partial charge in [0.2, 0.25) is 5.91 Å². The van der Waals surface area contributed by atoms with Crippen LogP contribution in [0.1, 0.15) is 21.5 Å². The van der Waals surface area contributed by atoms with Crippen molar-refractivity contribution in [2.75, 3.05) is 17.2 Å². The minimum absolute atomic E-state index is 0.106. The van der Waals surface area contributed by atoms with Crippen LogP contribution in [0.3, 0.4) is 0 Å². The molecule has 0 heterocycles. The van der Waals surface area contributed by atoms with Crippen LogP contribution in [0.5, 0.6) is 0 Å². The van der Waals surface area contributed by atoms with E-state index in [1.807, 2.05) is 31.2 Å². The Bertz CT molecular complexity index is 1100. The van der Waals surface area contributed by atoms with Crippen molar-refractivity contribution in [3.63, 3.8) is 0 Å². The number of aryl methyl sites for hydroxylation is 1. The van der Waals surface area contributed by atoms with Gasteiger partial charge in [0.25, 0.3) is 11.6 Å². The van der Waals surface area contributed by atoms with Crippen molar-refractivity contribution in [1.82, 2.24) is 5.32 Å². The molecule has 2 amide bonds. The number of hydrogen-bond acceptors (Lipinski definition) is 5. The predicted molar refractivity (Wildman–Crippen MR) is 119 cm³/mol. The second-order valence-electron chi connectivity index (χ2n) is 6.92. The number of nitrogens with zero attached hydrogens (tertiary/aromatic N) is 1. The first kappa shape index (κ1) is 21.5. The molecular weight excluding hydrogens is 396 g/mol. The first-order valence-corrected chi connectivity index (χ1v) is 9.63. The van der Waals surface area contributed by atoms with E-state index in [0.717, 1.165) is 11.1 Å². The normalized spacial score (nSPS) is 10.2. The van der Waals surface area contributed by atoms with Crippen LogP contribution in [0.25, 0.3) is 0 Å². The van der Waals surface area contributed by atoms with Crippen LogP contribution in [0.2, 0.25) is 0 Å². The highest BCUT2D eigenvalue weighted by atomic mass is 16.6. The highest BCUT2D eigenvalue weighted by molar-refractivity contribution is 6.01. The third kappa shape index (κ3) is 6.14. The van der Waals surface area contributed by atoms with Crippen molar-refractivity contribution in [3.05, 3.63) is 99.6 Å². The molecule has 3 rings (SSSR count). The number of carbonyl (C=O) groups excluding carboxylic acids is 2. The average molecular weight is 418 g/mol. The van der Waals surface area contributed by atoms with Crippen LogP contribution in [-0.2, 0) is 11.3 Å². The molecule has 0 saturated heterocycles. The Morgan fingerprint density at radius 3 is 2.45 bits per heavy atom. The fourth-order valence-corrected chi connectivity index (χ4v) is 2.90. The number of carbonyl (C=O) groups is 2. The van der Waals surface area contributed by atoms with Gasteiger partial charge >= 0.3 is 0 Å². The van der Waals surface area contributed by atoms with Crippen molar-refractivity contribution in [1.29, 1.82) is 0 Å². The molecule has 0 fully saturated rings. The van der Waals surface area contributed by atoms with Crippen LogP contribution in [0, 0.1) is 17.0 Å². The quantitative estimate of drug-likeness (QED) is 0.379. The molecule has 8 nitrogen and oxygen atoms in total. The van der Waals surface area contributed by atoms with Gasteiger partial charge in [0.05, 0.1) is 17.0 Å². The molecule has 0 atom stereocenters. The van der Waals surface area contributed by atoms with Gasteiger partial charge in [-0.05, 0) is 30.7 Å². The van der Waals surface area contributed by atoms with Gasteiger partial charge in [-0.25, -0.2) is 0 Å². The molecule has 3 aromatic carbocycles. The zero-order valence-electron chi connectivity index (χ0n) is 16.9. The van der Waals surface area contributed by atoms with Crippen LogP contribution >= 0.6 is 0 Å². The largest absolute Gasteiger partial charge is 0.376 e. The van der Waals surface area contributed by atoms with Crippen molar-refractivity contribution in [2.45, 2.75) is 13.5 Å². The number of para-hydroxylation sites is 1. The lowest BCUT2D eigenvalue weighted by molar-refractivity contribution is -0.384. The van der Waals surface area contributed by atoms with Gasteiger partial charge in [0.15, 0.2) is 0 Å². The second kappa shape index (κ2) is 10.0. The second-order valence-corrected chi connectivity index (χ2v) is 6.92. The van der Waals surface area contributed by atoms with Gasteiger partial charge < -0.3 is 16.0 Å². The monoisotopic (exact) mass is 418 g/mol. The molecule has 0 aliphatic carbocycles. The van der Waals surface area contributed by atoms with E-state index >= 15 is 0 Å². The smallest absolute Gasteiger partial charge is 0.271 e. The van der Waals surface area contributed by atoms with E-state index in [-0.39, 0.29) is 18.1 Å². The van der Waals surface area contributed by atoms with Crippen LogP contribution in [0.15, 0.2) is 72.8 Å². The predicted octanol–water partition coefficient (Wildman–Crippen LogP) is 3.88. The van der Waals surface area contributed by atoms with E-state index in [2.05, 4.69) is 16.0 Å². The lowest BCUT2D eigenvalue weighted by atomic mass is 10.1. The summed E-state index contributed by atoms with van der Waals surface area (Å²) in [6, 6.07) is 20.5. The molecular formula is C23H22N4O4. The summed E-state index contributed by atoms with van der Waals surface area (Å²) >= 11 is 0. The zero-order valence-corrected chi connectivity index (χ0v) is 16.9. The van der Waals surface area contributed by atoms with Gasteiger partial charge in [-0.15, -0.1) is 0 Å². The Kier molecular flexibility index (Phi) is 6.95. The number of nitro groups is 1. The van der Waals surface area contributed by atoms with Crippen LogP contribution in [0.4, 0.5) is 17.1 Å². The van der Waals surface area contributed by atoms with Crippen molar-refractivity contribution in [3.8, 4) is 0 Å². The number of nitrogens with one attached hydrogen (secondary N) is 3. The lowest BCUT2D eigenvalue weighted by Crippen LogP contribution is -2.26. The summed E-state index contributed by atoms with van der Waals surface area (Å²) in [4.78, 5) is 35.2. The fourth-order valence-electron chi connectivity index (χ4n) is 2.90. The molecule has 8 heteroatoms. The Labute approximate surface area is 179 Å².